The molecule has 0 radical (unpaired) electrons. The van der Waals surface area contributed by atoms with Gasteiger partial charge in [-0.05, 0) is 45.1 Å². The van der Waals surface area contributed by atoms with Crippen molar-refractivity contribution in [3.8, 4) is 0 Å². The predicted octanol–water partition coefficient (Wildman–Crippen LogP) is 1.60. The SMILES string of the molecule is CN1CCC(NC(O)c2ccc(N)cc2Cl)CC1. The Balaban J connectivity index is 1.97. The first-order valence-electron chi connectivity index (χ1n) is 6.24. The van der Waals surface area contributed by atoms with Crippen molar-refractivity contribution < 1.29 is 5.11 Å². The molecule has 1 aromatic carbocycles. The van der Waals surface area contributed by atoms with Gasteiger partial charge in [-0.2, -0.15) is 0 Å². The number of hydrogen-bond donors (Lipinski definition) is 3. The predicted molar refractivity (Wildman–Crippen MR) is 74.5 cm³/mol. The second-order valence-electron chi connectivity index (χ2n) is 4.93. The van der Waals surface area contributed by atoms with E-state index in [2.05, 4.69) is 17.3 Å². The number of nitrogen functional groups attached to an aromatic ring is 1. The molecule has 4 nitrogen and oxygen atoms in total. The molecule has 5 heteroatoms. The monoisotopic (exact) mass is 269 g/mol. The van der Waals surface area contributed by atoms with Crippen molar-refractivity contribution in [1.82, 2.24) is 10.2 Å². The van der Waals surface area contributed by atoms with Crippen LogP contribution >= 0.6 is 11.6 Å². The van der Waals surface area contributed by atoms with Gasteiger partial charge >= 0.3 is 0 Å². The Hall–Kier alpha value is -0.810. The quantitative estimate of drug-likeness (QED) is 0.576. The maximum Gasteiger partial charge on any atom is 0.132 e. The minimum Gasteiger partial charge on any atom is -0.399 e. The van der Waals surface area contributed by atoms with Crippen LogP contribution in [0.1, 0.15) is 24.6 Å². The summed E-state index contributed by atoms with van der Waals surface area (Å²) in [4.78, 5) is 2.29. The van der Waals surface area contributed by atoms with Gasteiger partial charge in [-0.25, -0.2) is 0 Å². The highest BCUT2D eigenvalue weighted by atomic mass is 35.5. The smallest absolute Gasteiger partial charge is 0.132 e. The van der Waals surface area contributed by atoms with Gasteiger partial charge in [-0.3, -0.25) is 5.32 Å². The number of hydrogen-bond acceptors (Lipinski definition) is 4. The lowest BCUT2D eigenvalue weighted by Gasteiger charge is -2.31. The number of aliphatic hydroxyl groups is 1. The molecular formula is C13H20ClN3O. The van der Waals surface area contributed by atoms with E-state index in [1.54, 1.807) is 18.2 Å². The molecule has 0 bridgehead atoms. The number of likely N-dealkylation sites (tertiary alicyclic amines) is 1. The van der Waals surface area contributed by atoms with Crippen molar-refractivity contribution in [3.63, 3.8) is 0 Å². The lowest BCUT2D eigenvalue weighted by Crippen LogP contribution is -2.42. The van der Waals surface area contributed by atoms with Crippen molar-refractivity contribution >= 4 is 17.3 Å². The second-order valence-corrected chi connectivity index (χ2v) is 5.33. The number of benzene rings is 1. The molecule has 0 amide bonds. The highest BCUT2D eigenvalue weighted by molar-refractivity contribution is 6.31. The molecule has 0 aromatic heterocycles. The highest BCUT2D eigenvalue weighted by Crippen LogP contribution is 2.25. The summed E-state index contributed by atoms with van der Waals surface area (Å²) < 4.78 is 0. The van der Waals surface area contributed by atoms with Gasteiger partial charge in [-0.15, -0.1) is 0 Å². The van der Waals surface area contributed by atoms with Crippen LogP contribution in [0, 0.1) is 0 Å². The first-order chi connectivity index (χ1) is 8.56. The average molecular weight is 270 g/mol. The van der Waals surface area contributed by atoms with Gasteiger partial charge in [0.05, 0.1) is 0 Å². The molecule has 1 fully saturated rings. The summed E-state index contributed by atoms with van der Waals surface area (Å²) in [5.41, 5.74) is 6.93. The highest BCUT2D eigenvalue weighted by Gasteiger charge is 2.20. The van der Waals surface area contributed by atoms with Gasteiger partial charge in [0.2, 0.25) is 0 Å². The molecule has 2 rings (SSSR count). The first-order valence-corrected chi connectivity index (χ1v) is 6.61. The van der Waals surface area contributed by atoms with Crippen LogP contribution in [0.4, 0.5) is 5.69 Å². The number of nitrogens with zero attached hydrogens (tertiary/aromatic N) is 1. The number of rotatable bonds is 3. The van der Waals surface area contributed by atoms with Crippen LogP contribution in [0.3, 0.4) is 0 Å². The van der Waals surface area contributed by atoms with Crippen molar-refractivity contribution in [3.05, 3.63) is 28.8 Å². The van der Waals surface area contributed by atoms with Gasteiger partial charge in [0, 0.05) is 22.3 Å². The maximum absolute atomic E-state index is 10.2. The van der Waals surface area contributed by atoms with Gasteiger partial charge in [0.25, 0.3) is 0 Å². The fraction of sp³-hybridized carbons (Fsp3) is 0.538. The molecule has 0 aliphatic carbocycles. The number of aliphatic hydroxyl groups excluding tert-OH is 1. The topological polar surface area (TPSA) is 61.5 Å². The molecule has 1 atom stereocenters. The van der Waals surface area contributed by atoms with Crippen LogP contribution < -0.4 is 11.1 Å². The van der Waals surface area contributed by atoms with E-state index in [1.807, 2.05) is 0 Å². The molecule has 100 valence electrons. The van der Waals surface area contributed by atoms with Crippen molar-refractivity contribution in [2.75, 3.05) is 25.9 Å². The Labute approximate surface area is 113 Å². The van der Waals surface area contributed by atoms with Crippen LogP contribution in [-0.2, 0) is 0 Å². The minimum absolute atomic E-state index is 0.338. The van der Waals surface area contributed by atoms with E-state index in [4.69, 9.17) is 17.3 Å². The fourth-order valence-electron chi connectivity index (χ4n) is 2.25. The average Bonchev–Trinajstić information content (AvgIpc) is 2.32. The Morgan fingerprint density at radius 2 is 2.11 bits per heavy atom. The molecule has 1 aliphatic heterocycles. The third-order valence-electron chi connectivity index (χ3n) is 3.43. The fourth-order valence-corrected chi connectivity index (χ4v) is 2.55. The van der Waals surface area contributed by atoms with Gasteiger partial charge in [0.15, 0.2) is 0 Å². The van der Waals surface area contributed by atoms with E-state index in [0.717, 1.165) is 25.9 Å². The maximum atomic E-state index is 10.2. The standard InChI is InChI=1S/C13H20ClN3O/c1-17-6-4-10(5-7-17)16-13(18)11-3-2-9(15)8-12(11)14/h2-3,8,10,13,16,18H,4-7,15H2,1H3. The zero-order valence-electron chi connectivity index (χ0n) is 10.6. The summed E-state index contributed by atoms with van der Waals surface area (Å²) in [5, 5.41) is 13.9. The minimum atomic E-state index is -0.730. The number of anilines is 1. The zero-order chi connectivity index (χ0) is 13.1. The van der Waals surface area contributed by atoms with E-state index < -0.39 is 6.23 Å². The third-order valence-corrected chi connectivity index (χ3v) is 3.76. The molecule has 18 heavy (non-hydrogen) atoms. The van der Waals surface area contributed by atoms with Crippen molar-refractivity contribution in [1.29, 1.82) is 0 Å². The number of nitrogens with one attached hydrogen (secondary N) is 1. The van der Waals surface area contributed by atoms with Crippen LogP contribution in [0.2, 0.25) is 5.02 Å². The van der Waals surface area contributed by atoms with E-state index in [9.17, 15) is 5.11 Å². The Morgan fingerprint density at radius 3 is 2.72 bits per heavy atom. The van der Waals surface area contributed by atoms with Crippen LogP contribution in [0.25, 0.3) is 0 Å². The molecular weight excluding hydrogens is 250 g/mol. The second kappa shape index (κ2) is 5.89. The Kier molecular flexibility index (Phi) is 4.45. The molecule has 1 aliphatic rings. The lowest BCUT2D eigenvalue weighted by molar-refractivity contribution is 0.104. The third kappa shape index (κ3) is 3.36. The van der Waals surface area contributed by atoms with Crippen LogP contribution in [0.5, 0.6) is 0 Å². The Bertz CT molecular complexity index is 405. The number of nitrogens with two attached hydrogens (primary N) is 1. The summed E-state index contributed by atoms with van der Waals surface area (Å²) in [6.07, 6.45) is 1.35. The molecule has 1 heterocycles. The summed E-state index contributed by atoms with van der Waals surface area (Å²) >= 11 is 6.08. The molecule has 0 saturated carbocycles. The molecule has 1 saturated heterocycles. The molecule has 1 unspecified atom stereocenters. The van der Waals surface area contributed by atoms with Crippen molar-refractivity contribution in [2.24, 2.45) is 0 Å². The molecule has 4 N–H and O–H groups in total. The summed E-state index contributed by atoms with van der Waals surface area (Å²) in [7, 11) is 2.11. The zero-order valence-corrected chi connectivity index (χ0v) is 11.3. The molecule has 1 aromatic rings. The van der Waals surface area contributed by atoms with Crippen LogP contribution in [-0.4, -0.2) is 36.2 Å². The van der Waals surface area contributed by atoms with E-state index in [1.165, 1.54) is 0 Å². The van der Waals surface area contributed by atoms with E-state index >= 15 is 0 Å². The van der Waals surface area contributed by atoms with Gasteiger partial charge in [0.1, 0.15) is 6.23 Å². The summed E-state index contributed by atoms with van der Waals surface area (Å²) in [6, 6.07) is 5.52. The summed E-state index contributed by atoms with van der Waals surface area (Å²) in [5.74, 6) is 0. The lowest BCUT2D eigenvalue weighted by atomic mass is 10.0. The number of piperidine rings is 1. The largest absolute Gasteiger partial charge is 0.399 e. The van der Waals surface area contributed by atoms with E-state index in [-0.39, 0.29) is 0 Å². The normalized spacial score (nSPS) is 19.9. The van der Waals surface area contributed by atoms with E-state index in [0.29, 0.717) is 22.3 Å². The number of halogens is 1. The van der Waals surface area contributed by atoms with Crippen LogP contribution in [0.15, 0.2) is 18.2 Å². The van der Waals surface area contributed by atoms with Gasteiger partial charge in [-0.1, -0.05) is 17.7 Å². The van der Waals surface area contributed by atoms with Gasteiger partial charge < -0.3 is 15.7 Å². The Morgan fingerprint density at radius 1 is 1.44 bits per heavy atom. The summed E-state index contributed by atoms with van der Waals surface area (Å²) in [6.45, 7) is 2.11. The molecule has 0 spiro atoms. The first kappa shape index (κ1) is 13.6. The van der Waals surface area contributed by atoms with Crippen molar-refractivity contribution in [2.45, 2.75) is 25.1 Å².